The second-order valence-corrected chi connectivity index (χ2v) is 4.64. The maximum atomic E-state index is 12.1. The molecule has 7 nitrogen and oxygen atoms in total. The normalized spacial score (nSPS) is 29.0. The highest BCUT2D eigenvalue weighted by Gasteiger charge is 2.45. The lowest BCUT2D eigenvalue weighted by molar-refractivity contribution is -0.212. The lowest BCUT2D eigenvalue weighted by atomic mass is 9.98. The van der Waals surface area contributed by atoms with Gasteiger partial charge in [0.25, 0.3) is 0 Å². The molecule has 0 radical (unpaired) electrons. The van der Waals surface area contributed by atoms with E-state index in [1.54, 1.807) is 0 Å². The molecule has 4 N–H and O–H groups in total. The summed E-state index contributed by atoms with van der Waals surface area (Å²) in [6.07, 6.45) is -16.3. The van der Waals surface area contributed by atoms with Crippen LogP contribution in [0.25, 0.3) is 0 Å². The van der Waals surface area contributed by atoms with Gasteiger partial charge in [0.1, 0.15) is 12.2 Å². The van der Waals surface area contributed by atoms with Crippen LogP contribution >= 0.6 is 0 Å². The first-order chi connectivity index (χ1) is 10.3. The van der Waals surface area contributed by atoms with E-state index in [1.807, 2.05) is 0 Å². The van der Waals surface area contributed by atoms with Gasteiger partial charge in [0, 0.05) is 13.0 Å². The van der Waals surface area contributed by atoms with Crippen LogP contribution in [-0.2, 0) is 14.3 Å². The molecule has 1 aliphatic heterocycles. The van der Waals surface area contributed by atoms with Crippen molar-refractivity contribution in [2.75, 3.05) is 6.54 Å². The fourth-order valence-electron chi connectivity index (χ4n) is 1.81. The highest BCUT2D eigenvalue weighted by atomic mass is 19.4. The Balaban J connectivity index is 2.68. The minimum Gasteiger partial charge on any atom is -0.388 e. The Morgan fingerprint density at radius 1 is 1.04 bits per heavy atom. The number of nitrogens with one attached hydrogen (secondary N) is 2. The van der Waals surface area contributed by atoms with Crippen LogP contribution in [0.4, 0.5) is 26.3 Å². The predicted octanol–water partition coefficient (Wildman–Crippen LogP) is -0.820. The molecule has 2 amide bonds. The third-order valence-corrected chi connectivity index (χ3v) is 2.88. The van der Waals surface area contributed by atoms with Crippen molar-refractivity contribution < 1.29 is 50.9 Å². The summed E-state index contributed by atoms with van der Waals surface area (Å²) in [5, 5.41) is 21.8. The third kappa shape index (κ3) is 5.51. The molecule has 0 aromatic heterocycles. The molecule has 0 aromatic carbocycles. The molecule has 13 heteroatoms. The van der Waals surface area contributed by atoms with Crippen LogP contribution in [0.2, 0.25) is 0 Å². The number of ether oxygens (including phenoxy) is 1. The van der Waals surface area contributed by atoms with Gasteiger partial charge in [-0.05, 0) is 0 Å². The van der Waals surface area contributed by atoms with Crippen LogP contribution in [0.15, 0.2) is 0 Å². The number of amides is 2. The van der Waals surface area contributed by atoms with Gasteiger partial charge in [0.2, 0.25) is 0 Å². The monoisotopic (exact) mass is 354 g/mol. The zero-order valence-electron chi connectivity index (χ0n) is 11.1. The third-order valence-electron chi connectivity index (χ3n) is 2.88. The Kier molecular flexibility index (Phi) is 5.82. The highest BCUT2D eigenvalue weighted by Crippen LogP contribution is 2.22. The summed E-state index contributed by atoms with van der Waals surface area (Å²) < 4.78 is 77.1. The quantitative estimate of drug-likeness (QED) is 0.496. The summed E-state index contributed by atoms with van der Waals surface area (Å²) in [5.41, 5.74) is 0. The van der Waals surface area contributed by atoms with E-state index in [1.165, 1.54) is 10.6 Å². The number of aliphatic hydroxyl groups excluding tert-OH is 2. The van der Waals surface area contributed by atoms with Gasteiger partial charge in [-0.1, -0.05) is 0 Å². The molecule has 1 aliphatic rings. The Hall–Kier alpha value is -1.60. The highest BCUT2D eigenvalue weighted by molar-refractivity contribution is 5.82. The number of carbonyl (C=O) groups excluding carboxylic acids is 2. The molecule has 4 atom stereocenters. The molecule has 1 saturated heterocycles. The predicted molar refractivity (Wildman–Crippen MR) is 58.6 cm³/mol. The standard InChI is InChI=1S/C10H12F6N2O5/c11-9(12,13)7(21)17-2-4-6(20)3(1-5(19)23-4)18-8(22)10(14,15)16/h3-6,19-20H,1-2H2,(H,17,21)(H,18,22)/t3-,4-,5+,6-/m0/s1. The van der Waals surface area contributed by atoms with Crippen molar-refractivity contribution in [3.63, 3.8) is 0 Å². The summed E-state index contributed by atoms with van der Waals surface area (Å²) in [7, 11) is 0. The van der Waals surface area contributed by atoms with E-state index in [0.717, 1.165) is 0 Å². The first-order valence-electron chi connectivity index (χ1n) is 6.06. The van der Waals surface area contributed by atoms with Crippen molar-refractivity contribution >= 4 is 11.8 Å². The van der Waals surface area contributed by atoms with E-state index in [2.05, 4.69) is 4.74 Å². The fourth-order valence-corrected chi connectivity index (χ4v) is 1.81. The first-order valence-corrected chi connectivity index (χ1v) is 6.06. The van der Waals surface area contributed by atoms with Gasteiger partial charge in [-0.3, -0.25) is 9.59 Å². The van der Waals surface area contributed by atoms with Crippen LogP contribution in [0, 0.1) is 0 Å². The van der Waals surface area contributed by atoms with Crippen LogP contribution in [0.5, 0.6) is 0 Å². The van der Waals surface area contributed by atoms with Gasteiger partial charge < -0.3 is 25.6 Å². The lowest BCUT2D eigenvalue weighted by Crippen LogP contribution is -2.60. The van der Waals surface area contributed by atoms with E-state index in [9.17, 15) is 46.1 Å². The van der Waals surface area contributed by atoms with Crippen molar-refractivity contribution in [1.82, 2.24) is 10.6 Å². The van der Waals surface area contributed by atoms with Crippen LogP contribution in [0.3, 0.4) is 0 Å². The summed E-state index contributed by atoms with van der Waals surface area (Å²) in [5.74, 6) is -4.75. The molecule has 1 rings (SSSR count). The van der Waals surface area contributed by atoms with Crippen LogP contribution in [0.1, 0.15) is 6.42 Å². The molecule has 0 aromatic rings. The van der Waals surface area contributed by atoms with Crippen LogP contribution < -0.4 is 10.6 Å². The summed E-state index contributed by atoms with van der Waals surface area (Å²) in [6, 6.07) is -1.62. The van der Waals surface area contributed by atoms with Crippen molar-refractivity contribution in [3.8, 4) is 0 Å². The van der Waals surface area contributed by atoms with Gasteiger partial charge in [-0.2, -0.15) is 26.3 Å². The molecule has 1 fully saturated rings. The SMILES string of the molecule is O=C(NC[C@@H]1O[C@@H](O)C[C@H](NC(=O)C(F)(F)F)[C@@H]1O)C(F)(F)F. The molecule has 1 heterocycles. The Morgan fingerprint density at radius 2 is 1.57 bits per heavy atom. The number of hydrogen-bond acceptors (Lipinski definition) is 5. The number of alkyl halides is 6. The summed E-state index contributed by atoms with van der Waals surface area (Å²) in [4.78, 5) is 21.4. The average Bonchev–Trinajstić information content (AvgIpc) is 2.38. The summed E-state index contributed by atoms with van der Waals surface area (Å²) in [6.45, 7) is -0.936. The van der Waals surface area contributed by atoms with Crippen molar-refractivity contribution in [2.24, 2.45) is 0 Å². The number of rotatable bonds is 3. The van der Waals surface area contributed by atoms with Crippen molar-refractivity contribution in [1.29, 1.82) is 0 Å². The van der Waals surface area contributed by atoms with E-state index >= 15 is 0 Å². The van der Waals surface area contributed by atoms with Gasteiger partial charge >= 0.3 is 24.2 Å². The summed E-state index contributed by atoms with van der Waals surface area (Å²) >= 11 is 0. The topological polar surface area (TPSA) is 108 Å². The fraction of sp³-hybridized carbons (Fsp3) is 0.800. The van der Waals surface area contributed by atoms with Crippen LogP contribution in [-0.4, -0.2) is 65.5 Å². The second kappa shape index (κ2) is 6.88. The second-order valence-electron chi connectivity index (χ2n) is 4.64. The minimum atomic E-state index is -5.25. The van der Waals surface area contributed by atoms with Gasteiger partial charge in [0.15, 0.2) is 6.29 Å². The van der Waals surface area contributed by atoms with E-state index < -0.39 is 61.7 Å². The molecular weight excluding hydrogens is 342 g/mol. The largest absolute Gasteiger partial charge is 0.471 e. The molecule has 23 heavy (non-hydrogen) atoms. The van der Waals surface area contributed by atoms with E-state index in [0.29, 0.717) is 0 Å². The molecule has 0 spiro atoms. The van der Waals surface area contributed by atoms with E-state index in [4.69, 9.17) is 0 Å². The average molecular weight is 354 g/mol. The molecule has 0 aliphatic carbocycles. The van der Waals surface area contributed by atoms with Gasteiger partial charge in [-0.25, -0.2) is 0 Å². The number of carbonyl (C=O) groups is 2. The number of hydrogen-bond donors (Lipinski definition) is 4. The van der Waals surface area contributed by atoms with Crippen molar-refractivity contribution in [2.45, 2.75) is 43.3 Å². The first kappa shape index (κ1) is 19.4. The minimum absolute atomic E-state index is 0.618. The number of aliphatic hydroxyl groups is 2. The molecule has 134 valence electrons. The van der Waals surface area contributed by atoms with Crippen molar-refractivity contribution in [3.05, 3.63) is 0 Å². The smallest absolute Gasteiger partial charge is 0.388 e. The molecule has 0 saturated carbocycles. The van der Waals surface area contributed by atoms with Gasteiger partial charge in [0.05, 0.1) is 6.04 Å². The van der Waals surface area contributed by atoms with E-state index in [-0.39, 0.29) is 0 Å². The van der Waals surface area contributed by atoms with Gasteiger partial charge in [-0.15, -0.1) is 0 Å². The lowest BCUT2D eigenvalue weighted by Gasteiger charge is -2.37. The Bertz CT molecular complexity index is 454. The Morgan fingerprint density at radius 3 is 2.04 bits per heavy atom. The molecule has 0 bridgehead atoms. The Labute approximate surface area is 124 Å². The zero-order chi connectivity index (χ0) is 18.0. The number of halogens is 6. The molecule has 0 unspecified atom stereocenters. The maximum Gasteiger partial charge on any atom is 0.471 e. The maximum absolute atomic E-state index is 12.1. The zero-order valence-corrected chi connectivity index (χ0v) is 11.1. The molecular formula is C10H12F6N2O5.